The molecule has 0 atom stereocenters. The van der Waals surface area contributed by atoms with Gasteiger partial charge >= 0.3 is 0 Å². The van der Waals surface area contributed by atoms with Crippen molar-refractivity contribution < 1.29 is 9.47 Å². The molecule has 5 nitrogen and oxygen atoms in total. The van der Waals surface area contributed by atoms with E-state index in [1.54, 1.807) is 31.8 Å². The summed E-state index contributed by atoms with van der Waals surface area (Å²) in [5.41, 5.74) is 4.74. The molecule has 0 aliphatic heterocycles. The molecule has 0 unspecified atom stereocenters. The quantitative estimate of drug-likeness (QED) is 0.533. The minimum atomic E-state index is 0.731. The first-order valence-electron chi connectivity index (χ1n) is 6.80. The highest BCUT2D eigenvalue weighted by Crippen LogP contribution is 2.28. The van der Waals surface area contributed by atoms with E-state index in [0.29, 0.717) is 0 Å². The second kappa shape index (κ2) is 7.26. The van der Waals surface area contributed by atoms with Crippen molar-refractivity contribution >= 4 is 34.0 Å². The normalized spacial score (nSPS) is 10.9. The summed E-state index contributed by atoms with van der Waals surface area (Å²) in [6, 6.07) is 9.62. The van der Waals surface area contributed by atoms with Gasteiger partial charge in [0.2, 0.25) is 5.13 Å². The molecule has 7 heteroatoms. The molecule has 0 aliphatic rings. The third kappa shape index (κ3) is 3.69. The zero-order valence-corrected chi connectivity index (χ0v) is 14.3. The van der Waals surface area contributed by atoms with Gasteiger partial charge in [-0.05, 0) is 29.6 Å². The zero-order chi connectivity index (χ0) is 16.1. The molecule has 3 rings (SSSR count). The molecule has 1 N–H and O–H groups in total. The standard InChI is InChI=1S/C16H15N3O2S2/c1-20-12-5-6-14(21-2)11(8-12)9-17-19-16-18-13(10-23-16)15-4-3-7-22-15/h3-10H,1-2H3,(H,18,19)/b17-9-. The smallest absolute Gasteiger partial charge is 0.203 e. The molecule has 0 amide bonds. The van der Waals surface area contributed by atoms with Crippen LogP contribution in [0.1, 0.15) is 5.56 Å². The lowest BCUT2D eigenvalue weighted by atomic mass is 10.2. The fourth-order valence-corrected chi connectivity index (χ4v) is 3.38. The van der Waals surface area contributed by atoms with Crippen LogP contribution in [0.25, 0.3) is 10.6 Å². The van der Waals surface area contributed by atoms with E-state index in [4.69, 9.17) is 9.47 Å². The predicted octanol–water partition coefficient (Wildman–Crippen LogP) is 4.33. The lowest BCUT2D eigenvalue weighted by Crippen LogP contribution is -1.95. The second-order valence-corrected chi connectivity index (χ2v) is 6.30. The Hall–Kier alpha value is -2.38. The van der Waals surface area contributed by atoms with Crippen molar-refractivity contribution in [2.75, 3.05) is 19.6 Å². The number of ether oxygens (including phenoxy) is 2. The van der Waals surface area contributed by atoms with E-state index in [2.05, 4.69) is 15.5 Å². The molecule has 0 radical (unpaired) electrons. The minimum Gasteiger partial charge on any atom is -0.497 e. The van der Waals surface area contributed by atoms with Crippen LogP contribution in [0, 0.1) is 0 Å². The maximum Gasteiger partial charge on any atom is 0.203 e. The van der Waals surface area contributed by atoms with Crippen LogP contribution in [0.5, 0.6) is 11.5 Å². The number of hydrogen-bond donors (Lipinski definition) is 1. The summed E-state index contributed by atoms with van der Waals surface area (Å²) in [6.45, 7) is 0. The topological polar surface area (TPSA) is 55.7 Å². The fourth-order valence-electron chi connectivity index (χ4n) is 1.96. The largest absolute Gasteiger partial charge is 0.497 e. The molecule has 0 bridgehead atoms. The van der Waals surface area contributed by atoms with E-state index >= 15 is 0 Å². The molecule has 118 valence electrons. The lowest BCUT2D eigenvalue weighted by Gasteiger charge is -2.06. The van der Waals surface area contributed by atoms with Crippen LogP contribution in [0.2, 0.25) is 0 Å². The molecule has 0 spiro atoms. The van der Waals surface area contributed by atoms with Crippen LogP contribution in [0.15, 0.2) is 46.2 Å². The highest BCUT2D eigenvalue weighted by Gasteiger charge is 2.05. The van der Waals surface area contributed by atoms with Crippen molar-refractivity contribution in [3.63, 3.8) is 0 Å². The number of methoxy groups -OCH3 is 2. The van der Waals surface area contributed by atoms with Crippen LogP contribution >= 0.6 is 22.7 Å². The molecule has 0 aliphatic carbocycles. The van der Waals surface area contributed by atoms with Crippen LogP contribution in [-0.4, -0.2) is 25.4 Å². The summed E-state index contributed by atoms with van der Waals surface area (Å²) < 4.78 is 10.5. The first-order chi connectivity index (χ1) is 11.3. The van der Waals surface area contributed by atoms with E-state index in [1.165, 1.54) is 11.3 Å². The number of rotatable bonds is 6. The third-order valence-corrected chi connectivity index (χ3v) is 4.72. The Balaban J connectivity index is 1.72. The number of hydrogen-bond acceptors (Lipinski definition) is 7. The van der Waals surface area contributed by atoms with Gasteiger partial charge in [0.15, 0.2) is 0 Å². The summed E-state index contributed by atoms with van der Waals surface area (Å²) in [5, 5.41) is 9.02. The molecule has 0 saturated heterocycles. The number of hydrazone groups is 1. The highest BCUT2D eigenvalue weighted by molar-refractivity contribution is 7.15. The lowest BCUT2D eigenvalue weighted by molar-refractivity contribution is 0.402. The number of thiophene rings is 1. The Morgan fingerprint density at radius 1 is 1.17 bits per heavy atom. The van der Waals surface area contributed by atoms with E-state index in [9.17, 15) is 0 Å². The second-order valence-electron chi connectivity index (χ2n) is 4.49. The summed E-state index contributed by atoms with van der Waals surface area (Å²) in [5.74, 6) is 1.48. The van der Waals surface area contributed by atoms with Crippen molar-refractivity contribution in [3.8, 4) is 22.1 Å². The van der Waals surface area contributed by atoms with Gasteiger partial charge in [0.1, 0.15) is 11.5 Å². The number of thiazole rings is 1. The van der Waals surface area contributed by atoms with E-state index in [-0.39, 0.29) is 0 Å². The zero-order valence-electron chi connectivity index (χ0n) is 12.6. The average molecular weight is 345 g/mol. The highest BCUT2D eigenvalue weighted by atomic mass is 32.1. The van der Waals surface area contributed by atoms with E-state index < -0.39 is 0 Å². The van der Waals surface area contributed by atoms with Crippen molar-refractivity contribution in [2.45, 2.75) is 0 Å². The molecule has 2 heterocycles. The molecule has 23 heavy (non-hydrogen) atoms. The van der Waals surface area contributed by atoms with Crippen LogP contribution in [0.4, 0.5) is 5.13 Å². The Bertz CT molecular complexity index is 798. The molecule has 1 aromatic carbocycles. The Kier molecular flexibility index (Phi) is 4.89. The summed E-state index contributed by atoms with van der Waals surface area (Å²) >= 11 is 3.18. The van der Waals surface area contributed by atoms with Crippen LogP contribution in [-0.2, 0) is 0 Å². The number of anilines is 1. The van der Waals surface area contributed by atoms with E-state index in [0.717, 1.165) is 32.8 Å². The summed E-state index contributed by atoms with van der Waals surface area (Å²) in [4.78, 5) is 5.65. The first kappa shape index (κ1) is 15.5. The van der Waals surface area contributed by atoms with E-state index in [1.807, 2.05) is 41.1 Å². The van der Waals surface area contributed by atoms with Crippen LogP contribution in [0.3, 0.4) is 0 Å². The van der Waals surface area contributed by atoms with Gasteiger partial charge < -0.3 is 9.47 Å². The summed E-state index contributed by atoms with van der Waals surface area (Å²) in [6.07, 6.45) is 1.69. The van der Waals surface area contributed by atoms with Gasteiger partial charge in [-0.3, -0.25) is 5.43 Å². The SMILES string of the molecule is COc1ccc(OC)c(/C=N\Nc2nc(-c3cccs3)cs2)c1. The Labute approximate surface area is 142 Å². The number of aromatic nitrogens is 1. The average Bonchev–Trinajstić information content (AvgIpc) is 3.26. The molecular formula is C16H15N3O2S2. The van der Waals surface area contributed by atoms with Crippen LogP contribution < -0.4 is 14.9 Å². The monoisotopic (exact) mass is 345 g/mol. The number of nitrogens with one attached hydrogen (secondary N) is 1. The molecule has 0 fully saturated rings. The van der Waals surface area contributed by atoms with Gasteiger partial charge in [-0.2, -0.15) is 5.10 Å². The minimum absolute atomic E-state index is 0.731. The predicted molar refractivity (Wildman–Crippen MR) is 96.2 cm³/mol. The summed E-state index contributed by atoms with van der Waals surface area (Å²) in [7, 11) is 3.25. The number of benzene rings is 1. The van der Waals surface area contributed by atoms with Gasteiger partial charge in [-0.15, -0.1) is 22.7 Å². The van der Waals surface area contributed by atoms with Gasteiger partial charge in [0, 0.05) is 10.9 Å². The molecule has 2 aromatic heterocycles. The molecular weight excluding hydrogens is 330 g/mol. The Morgan fingerprint density at radius 2 is 2.09 bits per heavy atom. The third-order valence-electron chi connectivity index (χ3n) is 3.08. The molecule has 0 saturated carbocycles. The van der Waals surface area contributed by atoms with Gasteiger partial charge in [-0.25, -0.2) is 4.98 Å². The maximum atomic E-state index is 5.31. The van der Waals surface area contributed by atoms with Gasteiger partial charge in [0.25, 0.3) is 0 Å². The van der Waals surface area contributed by atoms with Crippen molar-refractivity contribution in [3.05, 3.63) is 46.7 Å². The van der Waals surface area contributed by atoms with Gasteiger partial charge in [-0.1, -0.05) is 6.07 Å². The first-order valence-corrected chi connectivity index (χ1v) is 8.56. The Morgan fingerprint density at radius 3 is 2.83 bits per heavy atom. The van der Waals surface area contributed by atoms with Gasteiger partial charge in [0.05, 0.1) is 31.0 Å². The van der Waals surface area contributed by atoms with Crippen molar-refractivity contribution in [1.29, 1.82) is 0 Å². The fraction of sp³-hybridized carbons (Fsp3) is 0.125. The number of nitrogens with zero attached hydrogens (tertiary/aromatic N) is 2. The van der Waals surface area contributed by atoms with Crippen molar-refractivity contribution in [2.24, 2.45) is 5.10 Å². The molecule has 3 aromatic rings. The maximum absolute atomic E-state index is 5.31. The van der Waals surface area contributed by atoms with Crippen molar-refractivity contribution in [1.82, 2.24) is 4.98 Å².